The average Bonchev–Trinajstić information content (AvgIpc) is 2.41. The summed E-state index contributed by atoms with van der Waals surface area (Å²) in [7, 11) is -3.42. The van der Waals surface area contributed by atoms with Crippen molar-refractivity contribution in [2.45, 2.75) is 37.5 Å². The number of halogens is 1. The van der Waals surface area contributed by atoms with Gasteiger partial charge in [-0.05, 0) is 33.3 Å². The van der Waals surface area contributed by atoms with E-state index in [9.17, 15) is 12.8 Å². The standard InChI is InChI=1S/C14H19FN2O2S/c1-13(2)12(16)17-14(3,8-9-20(13,18)19)10-6-4-5-7-11(10)15/h4-7H,8-9H2,1-3H3,(H2,16,17)/t14-/m0/s1. The second-order valence-corrected chi connectivity index (χ2v) is 8.49. The van der Waals surface area contributed by atoms with Crippen molar-refractivity contribution in [1.29, 1.82) is 0 Å². The Morgan fingerprint density at radius 2 is 1.85 bits per heavy atom. The van der Waals surface area contributed by atoms with Crippen molar-refractivity contribution >= 4 is 15.7 Å². The van der Waals surface area contributed by atoms with Crippen LogP contribution >= 0.6 is 0 Å². The van der Waals surface area contributed by atoms with Crippen LogP contribution < -0.4 is 5.73 Å². The summed E-state index contributed by atoms with van der Waals surface area (Å²) in [6, 6.07) is 6.26. The minimum atomic E-state index is -3.42. The van der Waals surface area contributed by atoms with Gasteiger partial charge in [0.25, 0.3) is 0 Å². The van der Waals surface area contributed by atoms with Crippen molar-refractivity contribution < 1.29 is 12.8 Å². The first-order chi connectivity index (χ1) is 9.10. The van der Waals surface area contributed by atoms with Crippen molar-refractivity contribution in [2.24, 2.45) is 10.7 Å². The molecule has 1 heterocycles. The number of rotatable bonds is 1. The molecule has 1 aromatic rings. The van der Waals surface area contributed by atoms with Gasteiger partial charge in [-0.25, -0.2) is 12.8 Å². The van der Waals surface area contributed by atoms with Gasteiger partial charge in [0.2, 0.25) is 0 Å². The van der Waals surface area contributed by atoms with Gasteiger partial charge in [-0.1, -0.05) is 18.2 Å². The molecule has 0 radical (unpaired) electrons. The van der Waals surface area contributed by atoms with E-state index in [4.69, 9.17) is 5.73 Å². The molecular weight excluding hydrogens is 279 g/mol. The highest BCUT2D eigenvalue weighted by Gasteiger charge is 2.44. The molecule has 0 unspecified atom stereocenters. The SMILES string of the molecule is CC1(C)C(N)=N[C@](C)(c2ccccc2F)CCS1(=O)=O. The Hall–Kier alpha value is -1.43. The van der Waals surface area contributed by atoms with Gasteiger partial charge in [0.15, 0.2) is 9.84 Å². The number of hydrogen-bond acceptors (Lipinski definition) is 4. The molecule has 0 aliphatic carbocycles. The third kappa shape index (κ3) is 2.22. The Labute approximate surface area is 118 Å². The fourth-order valence-corrected chi connectivity index (χ4v) is 3.84. The van der Waals surface area contributed by atoms with E-state index in [0.29, 0.717) is 5.56 Å². The fraction of sp³-hybridized carbons (Fsp3) is 0.500. The van der Waals surface area contributed by atoms with Crippen molar-refractivity contribution in [3.05, 3.63) is 35.6 Å². The zero-order valence-electron chi connectivity index (χ0n) is 11.9. The van der Waals surface area contributed by atoms with Gasteiger partial charge < -0.3 is 5.73 Å². The first kappa shape index (κ1) is 15.0. The number of benzene rings is 1. The lowest BCUT2D eigenvalue weighted by atomic mass is 9.89. The van der Waals surface area contributed by atoms with E-state index in [1.54, 1.807) is 25.1 Å². The number of aliphatic imine (C=N–C) groups is 1. The molecule has 0 aromatic heterocycles. The number of hydrogen-bond donors (Lipinski definition) is 1. The van der Waals surface area contributed by atoms with Gasteiger partial charge in [-0.3, -0.25) is 4.99 Å². The molecule has 110 valence electrons. The lowest BCUT2D eigenvalue weighted by Gasteiger charge is -2.25. The lowest BCUT2D eigenvalue weighted by Crippen LogP contribution is -2.45. The summed E-state index contributed by atoms with van der Waals surface area (Å²) in [6.07, 6.45) is 0.209. The van der Waals surface area contributed by atoms with Gasteiger partial charge >= 0.3 is 0 Å². The van der Waals surface area contributed by atoms with Crippen LogP contribution in [0, 0.1) is 5.82 Å². The molecular formula is C14H19FN2O2S. The molecule has 20 heavy (non-hydrogen) atoms. The van der Waals surface area contributed by atoms with E-state index < -0.39 is 25.9 Å². The molecule has 0 bridgehead atoms. The largest absolute Gasteiger partial charge is 0.386 e. The van der Waals surface area contributed by atoms with Gasteiger partial charge in [0, 0.05) is 5.56 Å². The maximum Gasteiger partial charge on any atom is 0.162 e. The van der Waals surface area contributed by atoms with Crippen molar-refractivity contribution in [3.8, 4) is 0 Å². The van der Waals surface area contributed by atoms with Gasteiger partial charge in [0.05, 0.1) is 11.3 Å². The number of sulfone groups is 1. The second kappa shape index (κ2) is 4.55. The van der Waals surface area contributed by atoms with Crippen LogP contribution in [0.3, 0.4) is 0 Å². The number of nitrogens with two attached hydrogens (primary N) is 1. The Balaban J connectivity index is 2.61. The van der Waals surface area contributed by atoms with E-state index in [2.05, 4.69) is 4.99 Å². The van der Waals surface area contributed by atoms with E-state index in [1.165, 1.54) is 19.9 Å². The number of amidine groups is 1. The summed E-state index contributed by atoms with van der Waals surface area (Å²) in [5.41, 5.74) is 5.31. The molecule has 2 rings (SSSR count). The molecule has 0 spiro atoms. The maximum absolute atomic E-state index is 14.0. The zero-order valence-corrected chi connectivity index (χ0v) is 12.7. The summed E-state index contributed by atoms with van der Waals surface area (Å²) >= 11 is 0. The zero-order chi connectivity index (χ0) is 15.2. The average molecular weight is 298 g/mol. The van der Waals surface area contributed by atoms with E-state index in [-0.39, 0.29) is 18.0 Å². The first-order valence-electron chi connectivity index (χ1n) is 6.43. The fourth-order valence-electron chi connectivity index (χ4n) is 2.30. The van der Waals surface area contributed by atoms with Crippen LogP contribution in [-0.2, 0) is 15.4 Å². The van der Waals surface area contributed by atoms with Crippen LogP contribution in [0.25, 0.3) is 0 Å². The normalized spacial score (nSPS) is 28.5. The topological polar surface area (TPSA) is 72.5 Å². The molecule has 1 aromatic carbocycles. The van der Waals surface area contributed by atoms with Gasteiger partial charge in [0.1, 0.15) is 16.4 Å². The minimum absolute atomic E-state index is 0.0285. The highest BCUT2D eigenvalue weighted by Crippen LogP contribution is 2.36. The molecule has 2 N–H and O–H groups in total. The third-order valence-electron chi connectivity index (χ3n) is 4.07. The van der Waals surface area contributed by atoms with Crippen molar-refractivity contribution in [3.63, 3.8) is 0 Å². The highest BCUT2D eigenvalue weighted by atomic mass is 32.2. The summed E-state index contributed by atoms with van der Waals surface area (Å²) in [5, 5.41) is 0. The van der Waals surface area contributed by atoms with E-state index in [1.807, 2.05) is 0 Å². The molecule has 0 saturated carbocycles. The summed E-state index contributed by atoms with van der Waals surface area (Å²) in [6.45, 7) is 4.79. The molecule has 0 fully saturated rings. The predicted octanol–water partition coefficient (Wildman–Crippen LogP) is 2.00. The van der Waals surface area contributed by atoms with E-state index >= 15 is 0 Å². The molecule has 1 aliphatic rings. The van der Waals surface area contributed by atoms with Crippen LogP contribution in [0.15, 0.2) is 29.3 Å². The summed E-state index contributed by atoms with van der Waals surface area (Å²) in [5.74, 6) is -0.445. The van der Waals surface area contributed by atoms with Crippen LogP contribution in [0.1, 0.15) is 32.8 Å². The van der Waals surface area contributed by atoms with E-state index in [0.717, 1.165) is 0 Å². The van der Waals surface area contributed by atoms with Gasteiger partial charge in [-0.15, -0.1) is 0 Å². The van der Waals surface area contributed by atoms with Gasteiger partial charge in [-0.2, -0.15) is 0 Å². The minimum Gasteiger partial charge on any atom is -0.386 e. The number of nitrogens with zero attached hydrogens (tertiary/aromatic N) is 1. The molecule has 6 heteroatoms. The Kier molecular flexibility index (Phi) is 3.40. The summed E-state index contributed by atoms with van der Waals surface area (Å²) in [4.78, 5) is 4.36. The molecule has 1 aliphatic heterocycles. The molecule has 0 amide bonds. The lowest BCUT2D eigenvalue weighted by molar-refractivity contribution is 0.449. The Bertz CT molecular complexity index is 668. The van der Waals surface area contributed by atoms with Crippen LogP contribution in [0.2, 0.25) is 0 Å². The Morgan fingerprint density at radius 1 is 1.25 bits per heavy atom. The predicted molar refractivity (Wildman–Crippen MR) is 77.9 cm³/mol. The molecule has 1 atom stereocenters. The smallest absolute Gasteiger partial charge is 0.162 e. The molecule has 0 saturated heterocycles. The summed E-state index contributed by atoms with van der Waals surface area (Å²) < 4.78 is 37.3. The highest BCUT2D eigenvalue weighted by molar-refractivity contribution is 7.93. The second-order valence-electron chi connectivity index (χ2n) is 5.83. The van der Waals surface area contributed by atoms with Crippen LogP contribution in [-0.4, -0.2) is 24.8 Å². The maximum atomic E-state index is 14.0. The Morgan fingerprint density at radius 3 is 2.45 bits per heavy atom. The third-order valence-corrected chi connectivity index (χ3v) is 6.58. The first-order valence-corrected chi connectivity index (χ1v) is 8.08. The molecule has 4 nitrogen and oxygen atoms in total. The van der Waals surface area contributed by atoms with Crippen LogP contribution in [0.5, 0.6) is 0 Å². The van der Waals surface area contributed by atoms with Crippen LogP contribution in [0.4, 0.5) is 4.39 Å². The quantitative estimate of drug-likeness (QED) is 0.862. The monoisotopic (exact) mass is 298 g/mol. The van der Waals surface area contributed by atoms with Crippen molar-refractivity contribution in [2.75, 3.05) is 5.75 Å². The van der Waals surface area contributed by atoms with Crippen molar-refractivity contribution in [1.82, 2.24) is 0 Å².